The van der Waals surface area contributed by atoms with Crippen LogP contribution in [0.2, 0.25) is 0 Å². The molecule has 3 aromatic rings. The first-order valence-corrected chi connectivity index (χ1v) is 10.2. The first-order chi connectivity index (χ1) is 14.5. The summed E-state index contributed by atoms with van der Waals surface area (Å²) >= 11 is 0. The molecular formula is C21H25N7O2. The molecule has 1 saturated carbocycles. The number of hydrogen-bond acceptors (Lipinski definition) is 6. The Morgan fingerprint density at radius 1 is 1.27 bits per heavy atom. The second-order valence-electron chi connectivity index (χ2n) is 7.65. The van der Waals surface area contributed by atoms with Gasteiger partial charge in [0.15, 0.2) is 0 Å². The summed E-state index contributed by atoms with van der Waals surface area (Å²) in [4.78, 5) is 34.7. The summed E-state index contributed by atoms with van der Waals surface area (Å²) in [6, 6.07) is 7.11. The number of nitrogens with one attached hydrogen (secondary N) is 1. The molecular weight excluding hydrogens is 382 g/mol. The maximum Gasteiger partial charge on any atom is 0.274 e. The van der Waals surface area contributed by atoms with E-state index in [4.69, 9.17) is 5.73 Å². The fourth-order valence-electron chi connectivity index (χ4n) is 3.46. The van der Waals surface area contributed by atoms with Gasteiger partial charge >= 0.3 is 0 Å². The van der Waals surface area contributed by atoms with Crippen LogP contribution in [0.25, 0.3) is 10.9 Å². The Morgan fingerprint density at radius 3 is 2.83 bits per heavy atom. The Kier molecular flexibility index (Phi) is 5.60. The maximum atomic E-state index is 12.8. The number of hydrogen-bond donors (Lipinski definition) is 2. The lowest BCUT2D eigenvalue weighted by Crippen LogP contribution is -2.28. The Labute approximate surface area is 174 Å². The number of nitrogens with zero attached hydrogens (tertiary/aromatic N) is 5. The molecule has 9 heteroatoms. The highest BCUT2D eigenvalue weighted by Gasteiger charge is 2.25. The lowest BCUT2D eigenvalue weighted by Gasteiger charge is -2.23. The summed E-state index contributed by atoms with van der Waals surface area (Å²) in [5, 5.41) is 7.85. The van der Waals surface area contributed by atoms with E-state index in [1.54, 1.807) is 30.5 Å². The standard InChI is InChI=1S/C21H25N7O2/c1-2-7-27(11-14-3-4-14)20-9-17(23-13-24-20)21(30)26-16-5-6-18-15(8-16)10-25-28(18)12-19(22)29/h5-6,8-10,13-14H,2-4,7,11-12H2,1H3,(H2,22,29)(H,26,30). The molecule has 0 radical (unpaired) electrons. The van der Waals surface area contributed by atoms with Crippen molar-refractivity contribution < 1.29 is 9.59 Å². The molecule has 156 valence electrons. The molecule has 2 amide bonds. The molecule has 0 saturated heterocycles. The smallest absolute Gasteiger partial charge is 0.274 e. The summed E-state index contributed by atoms with van der Waals surface area (Å²) in [5.74, 6) is 0.749. The van der Waals surface area contributed by atoms with Crippen LogP contribution in [0.3, 0.4) is 0 Å². The van der Waals surface area contributed by atoms with Crippen LogP contribution in [0, 0.1) is 5.92 Å². The molecule has 1 aliphatic rings. The van der Waals surface area contributed by atoms with E-state index >= 15 is 0 Å². The first-order valence-electron chi connectivity index (χ1n) is 10.2. The normalized spacial score (nSPS) is 13.4. The van der Waals surface area contributed by atoms with Gasteiger partial charge in [-0.15, -0.1) is 0 Å². The number of carbonyl (C=O) groups is 2. The Morgan fingerprint density at radius 2 is 2.10 bits per heavy atom. The Hall–Kier alpha value is -3.49. The number of amides is 2. The molecule has 30 heavy (non-hydrogen) atoms. The molecule has 1 fully saturated rings. The van der Waals surface area contributed by atoms with Crippen molar-refractivity contribution in [2.75, 3.05) is 23.3 Å². The van der Waals surface area contributed by atoms with Crippen LogP contribution in [0.15, 0.2) is 36.8 Å². The van der Waals surface area contributed by atoms with Gasteiger partial charge in [-0.05, 0) is 43.4 Å². The number of fused-ring (bicyclic) bond motifs is 1. The lowest BCUT2D eigenvalue weighted by atomic mass is 10.2. The molecule has 2 aromatic heterocycles. The summed E-state index contributed by atoms with van der Waals surface area (Å²) < 4.78 is 1.53. The largest absolute Gasteiger partial charge is 0.368 e. The van der Waals surface area contributed by atoms with Gasteiger partial charge in [0.2, 0.25) is 5.91 Å². The maximum absolute atomic E-state index is 12.8. The molecule has 2 heterocycles. The zero-order valence-corrected chi connectivity index (χ0v) is 16.9. The SMILES string of the molecule is CCCN(CC1CC1)c1cc(C(=O)Nc2ccc3c(cnn3CC(N)=O)c2)ncn1. The zero-order valence-electron chi connectivity index (χ0n) is 16.9. The van der Waals surface area contributed by atoms with Gasteiger partial charge < -0.3 is 16.0 Å². The van der Waals surface area contributed by atoms with Gasteiger partial charge in [-0.1, -0.05) is 6.92 Å². The van der Waals surface area contributed by atoms with Crippen LogP contribution >= 0.6 is 0 Å². The number of benzene rings is 1. The molecule has 9 nitrogen and oxygen atoms in total. The lowest BCUT2D eigenvalue weighted by molar-refractivity contribution is -0.118. The van der Waals surface area contributed by atoms with Gasteiger partial charge in [0, 0.05) is 30.2 Å². The minimum atomic E-state index is -0.462. The number of carbonyl (C=O) groups excluding carboxylic acids is 2. The number of nitrogens with two attached hydrogens (primary N) is 1. The van der Waals surface area contributed by atoms with Gasteiger partial charge in [0.1, 0.15) is 24.4 Å². The average Bonchev–Trinajstić information content (AvgIpc) is 3.47. The van der Waals surface area contributed by atoms with Crippen molar-refractivity contribution in [3.8, 4) is 0 Å². The van der Waals surface area contributed by atoms with Crippen molar-refractivity contribution in [1.82, 2.24) is 19.7 Å². The molecule has 0 atom stereocenters. The van der Waals surface area contributed by atoms with Crippen LogP contribution in [0.4, 0.5) is 11.5 Å². The number of aromatic nitrogens is 4. The van der Waals surface area contributed by atoms with Crippen molar-refractivity contribution >= 4 is 34.2 Å². The predicted octanol–water partition coefficient (Wildman–Crippen LogP) is 2.19. The molecule has 0 unspecified atom stereocenters. The molecule has 1 aliphatic carbocycles. The summed E-state index contributed by atoms with van der Waals surface area (Å²) in [6.45, 7) is 4.02. The van der Waals surface area contributed by atoms with Crippen LogP contribution in [-0.4, -0.2) is 44.7 Å². The third-order valence-corrected chi connectivity index (χ3v) is 5.08. The third-order valence-electron chi connectivity index (χ3n) is 5.08. The van der Waals surface area contributed by atoms with E-state index in [0.29, 0.717) is 11.4 Å². The summed E-state index contributed by atoms with van der Waals surface area (Å²) in [6.07, 6.45) is 6.62. The quantitative estimate of drug-likeness (QED) is 0.561. The average molecular weight is 407 g/mol. The fourth-order valence-corrected chi connectivity index (χ4v) is 3.46. The topological polar surface area (TPSA) is 119 Å². The van der Waals surface area contributed by atoms with Crippen LogP contribution in [0.1, 0.15) is 36.7 Å². The third kappa shape index (κ3) is 4.56. The van der Waals surface area contributed by atoms with Crippen molar-refractivity contribution in [2.24, 2.45) is 11.7 Å². The highest BCUT2D eigenvalue weighted by Crippen LogP contribution is 2.31. The second-order valence-corrected chi connectivity index (χ2v) is 7.65. The highest BCUT2D eigenvalue weighted by atomic mass is 16.2. The summed E-state index contributed by atoms with van der Waals surface area (Å²) in [5.41, 5.74) is 6.96. The van der Waals surface area contributed by atoms with Gasteiger partial charge in [0.05, 0.1) is 11.7 Å². The highest BCUT2D eigenvalue weighted by molar-refractivity contribution is 6.04. The zero-order chi connectivity index (χ0) is 21.1. The molecule has 1 aromatic carbocycles. The van der Waals surface area contributed by atoms with Crippen molar-refractivity contribution in [2.45, 2.75) is 32.7 Å². The molecule has 0 bridgehead atoms. The van der Waals surface area contributed by atoms with E-state index in [2.05, 4.69) is 32.2 Å². The molecule has 0 aliphatic heterocycles. The van der Waals surface area contributed by atoms with E-state index in [0.717, 1.165) is 42.1 Å². The number of anilines is 2. The monoisotopic (exact) mass is 407 g/mol. The number of rotatable bonds is 9. The van der Waals surface area contributed by atoms with E-state index < -0.39 is 5.91 Å². The summed E-state index contributed by atoms with van der Waals surface area (Å²) in [7, 11) is 0. The van der Waals surface area contributed by atoms with E-state index in [1.165, 1.54) is 23.9 Å². The van der Waals surface area contributed by atoms with E-state index in [-0.39, 0.29) is 12.5 Å². The Bertz CT molecular complexity index is 1070. The van der Waals surface area contributed by atoms with Crippen LogP contribution < -0.4 is 16.0 Å². The van der Waals surface area contributed by atoms with E-state index in [9.17, 15) is 9.59 Å². The minimum Gasteiger partial charge on any atom is -0.368 e. The fraction of sp³-hybridized carbons (Fsp3) is 0.381. The van der Waals surface area contributed by atoms with Crippen molar-refractivity contribution in [1.29, 1.82) is 0 Å². The van der Waals surface area contributed by atoms with Gasteiger partial charge in [-0.2, -0.15) is 5.10 Å². The molecule has 0 spiro atoms. The van der Waals surface area contributed by atoms with Crippen molar-refractivity contribution in [3.05, 3.63) is 42.5 Å². The number of primary amides is 1. The van der Waals surface area contributed by atoms with Crippen LogP contribution in [0.5, 0.6) is 0 Å². The van der Waals surface area contributed by atoms with Crippen molar-refractivity contribution in [3.63, 3.8) is 0 Å². The molecule has 3 N–H and O–H groups in total. The second kappa shape index (κ2) is 8.48. The van der Waals surface area contributed by atoms with E-state index in [1.807, 2.05) is 0 Å². The van der Waals surface area contributed by atoms with Crippen LogP contribution in [-0.2, 0) is 11.3 Å². The minimum absolute atomic E-state index is 0.00797. The van der Waals surface area contributed by atoms with Gasteiger partial charge in [0.25, 0.3) is 5.91 Å². The van der Waals surface area contributed by atoms with Gasteiger partial charge in [-0.3, -0.25) is 14.3 Å². The molecule has 4 rings (SSSR count). The first kappa shape index (κ1) is 19.8. The Balaban J connectivity index is 1.50. The van der Waals surface area contributed by atoms with Gasteiger partial charge in [-0.25, -0.2) is 9.97 Å². The predicted molar refractivity (Wildman–Crippen MR) is 114 cm³/mol.